The van der Waals surface area contributed by atoms with Crippen molar-refractivity contribution < 1.29 is 9.90 Å². The first-order valence-electron chi connectivity index (χ1n) is 5.29. The molecule has 1 aliphatic rings. The Bertz CT molecular complexity index is 408. The van der Waals surface area contributed by atoms with Gasteiger partial charge in [0, 0.05) is 17.9 Å². The number of piperidine rings is 1. The molecule has 1 heterocycles. The van der Waals surface area contributed by atoms with Gasteiger partial charge >= 0.3 is 0 Å². The van der Waals surface area contributed by atoms with Crippen LogP contribution in [0.1, 0.15) is 24.4 Å². The molecule has 0 spiro atoms. The van der Waals surface area contributed by atoms with Crippen molar-refractivity contribution in [2.45, 2.75) is 25.0 Å². The molecule has 1 saturated heterocycles. The van der Waals surface area contributed by atoms with Crippen LogP contribution in [0.3, 0.4) is 0 Å². The second kappa shape index (κ2) is 4.55. The van der Waals surface area contributed by atoms with Crippen molar-refractivity contribution in [1.29, 1.82) is 0 Å². The van der Waals surface area contributed by atoms with Gasteiger partial charge < -0.3 is 10.0 Å². The maximum atomic E-state index is 11.6. The summed E-state index contributed by atoms with van der Waals surface area (Å²) in [5.41, 5.74) is 0.963. The highest BCUT2D eigenvalue weighted by Gasteiger charge is 2.34. The van der Waals surface area contributed by atoms with Gasteiger partial charge in [-0.3, -0.25) is 4.79 Å². The van der Waals surface area contributed by atoms with Crippen molar-refractivity contribution in [3.8, 4) is 0 Å². The summed E-state index contributed by atoms with van der Waals surface area (Å²) in [4.78, 5) is 13.3. The summed E-state index contributed by atoms with van der Waals surface area (Å²) >= 11 is 3.46. The van der Waals surface area contributed by atoms with Gasteiger partial charge in [0.25, 0.3) is 0 Å². The second-order valence-corrected chi connectivity index (χ2v) is 4.93. The molecule has 1 aliphatic heterocycles. The molecule has 0 radical (unpaired) electrons. The molecule has 0 aromatic heterocycles. The normalized spacial score (nSPS) is 25.9. The Hall–Kier alpha value is -0.870. The third-order valence-corrected chi connectivity index (χ3v) is 3.78. The highest BCUT2D eigenvalue weighted by molar-refractivity contribution is 9.10. The van der Waals surface area contributed by atoms with Gasteiger partial charge in [-0.1, -0.05) is 34.1 Å². The Labute approximate surface area is 103 Å². The highest BCUT2D eigenvalue weighted by Crippen LogP contribution is 2.34. The molecule has 1 aromatic carbocycles. The Morgan fingerprint density at radius 1 is 1.44 bits per heavy atom. The summed E-state index contributed by atoms with van der Waals surface area (Å²) in [5.74, 6) is 0.0889. The monoisotopic (exact) mass is 283 g/mol. The molecule has 2 unspecified atom stereocenters. The quantitative estimate of drug-likeness (QED) is 0.858. The van der Waals surface area contributed by atoms with Gasteiger partial charge in [-0.05, 0) is 18.1 Å². The average Bonchev–Trinajstić information content (AvgIpc) is 2.27. The van der Waals surface area contributed by atoms with Crippen LogP contribution in [0.5, 0.6) is 0 Å². The van der Waals surface area contributed by atoms with Gasteiger partial charge in [-0.25, -0.2) is 0 Å². The molecular weight excluding hydrogens is 270 g/mol. The van der Waals surface area contributed by atoms with Crippen LogP contribution in [0.2, 0.25) is 0 Å². The first-order chi connectivity index (χ1) is 7.61. The molecule has 0 aliphatic carbocycles. The van der Waals surface area contributed by atoms with E-state index in [-0.39, 0.29) is 11.9 Å². The van der Waals surface area contributed by atoms with Crippen molar-refractivity contribution in [2.75, 3.05) is 7.05 Å². The number of benzene rings is 1. The van der Waals surface area contributed by atoms with E-state index in [1.165, 1.54) is 0 Å². The van der Waals surface area contributed by atoms with Crippen LogP contribution < -0.4 is 0 Å². The average molecular weight is 284 g/mol. The molecule has 2 rings (SSSR count). The summed E-state index contributed by atoms with van der Waals surface area (Å²) in [5, 5.41) is 10.0. The number of hydrogen-bond donors (Lipinski definition) is 1. The third-order valence-electron chi connectivity index (χ3n) is 3.05. The molecule has 4 heteroatoms. The van der Waals surface area contributed by atoms with E-state index in [0.717, 1.165) is 10.0 Å². The Kier molecular flexibility index (Phi) is 3.30. The molecule has 1 fully saturated rings. The van der Waals surface area contributed by atoms with E-state index >= 15 is 0 Å². The molecule has 3 nitrogen and oxygen atoms in total. The number of likely N-dealkylation sites (N-methyl/N-ethyl adjacent to an activating group) is 1. The number of nitrogens with zero attached hydrogens (tertiary/aromatic N) is 1. The molecule has 0 bridgehead atoms. The summed E-state index contributed by atoms with van der Waals surface area (Å²) in [6, 6.07) is 7.46. The third kappa shape index (κ3) is 1.99. The first-order valence-corrected chi connectivity index (χ1v) is 6.08. The number of aliphatic hydroxyl groups excluding tert-OH is 1. The molecule has 2 atom stereocenters. The number of rotatable bonds is 1. The van der Waals surface area contributed by atoms with E-state index in [2.05, 4.69) is 15.9 Å². The molecule has 1 aromatic rings. The van der Waals surface area contributed by atoms with Gasteiger partial charge in [0.2, 0.25) is 5.91 Å². The van der Waals surface area contributed by atoms with Crippen molar-refractivity contribution in [1.82, 2.24) is 4.90 Å². The lowest BCUT2D eigenvalue weighted by atomic mass is 9.93. The fraction of sp³-hybridized carbons (Fsp3) is 0.417. The number of amides is 1. The zero-order valence-electron chi connectivity index (χ0n) is 9.06. The lowest BCUT2D eigenvalue weighted by molar-refractivity contribution is -0.140. The van der Waals surface area contributed by atoms with E-state index in [9.17, 15) is 9.90 Å². The summed E-state index contributed by atoms with van der Waals surface area (Å²) < 4.78 is 0.931. The van der Waals surface area contributed by atoms with E-state index in [1.807, 2.05) is 24.3 Å². The molecule has 0 saturated carbocycles. The molecular formula is C12H14BrNO2. The smallest absolute Gasteiger partial charge is 0.223 e. The zero-order valence-corrected chi connectivity index (χ0v) is 10.6. The van der Waals surface area contributed by atoms with E-state index < -0.39 is 6.10 Å². The predicted octanol–water partition coefficient (Wildman–Crippen LogP) is 2.10. The number of likely N-dealkylation sites (tertiary alicyclic amines) is 1. The lowest BCUT2D eigenvalue weighted by Crippen LogP contribution is -2.42. The maximum Gasteiger partial charge on any atom is 0.223 e. The van der Waals surface area contributed by atoms with Crippen LogP contribution in [0.15, 0.2) is 28.7 Å². The van der Waals surface area contributed by atoms with E-state index in [1.54, 1.807) is 11.9 Å². The standard InChI is InChI=1S/C12H14BrNO2/c1-14-11(16)7-6-10(15)12(14)8-4-2-3-5-9(8)13/h2-5,10,12,15H,6-7H2,1H3. The van der Waals surface area contributed by atoms with E-state index in [0.29, 0.717) is 12.8 Å². The fourth-order valence-electron chi connectivity index (χ4n) is 2.15. The topological polar surface area (TPSA) is 40.5 Å². The highest BCUT2D eigenvalue weighted by atomic mass is 79.9. The number of carbonyl (C=O) groups excluding carboxylic acids is 1. The van der Waals surface area contributed by atoms with Crippen molar-refractivity contribution in [3.05, 3.63) is 34.3 Å². The van der Waals surface area contributed by atoms with Gasteiger partial charge in [-0.15, -0.1) is 0 Å². The van der Waals surface area contributed by atoms with Gasteiger partial charge in [0.1, 0.15) is 0 Å². The van der Waals surface area contributed by atoms with Crippen molar-refractivity contribution >= 4 is 21.8 Å². The number of halogens is 1. The maximum absolute atomic E-state index is 11.6. The largest absolute Gasteiger partial charge is 0.391 e. The minimum atomic E-state index is -0.485. The molecule has 1 amide bonds. The van der Waals surface area contributed by atoms with Crippen molar-refractivity contribution in [3.63, 3.8) is 0 Å². The van der Waals surface area contributed by atoms with Crippen LogP contribution in [0, 0.1) is 0 Å². The van der Waals surface area contributed by atoms with Gasteiger partial charge in [-0.2, -0.15) is 0 Å². The predicted molar refractivity (Wildman–Crippen MR) is 64.9 cm³/mol. The fourth-order valence-corrected chi connectivity index (χ4v) is 2.67. The molecule has 86 valence electrons. The van der Waals surface area contributed by atoms with Crippen molar-refractivity contribution in [2.24, 2.45) is 0 Å². The minimum Gasteiger partial charge on any atom is -0.391 e. The number of carbonyl (C=O) groups is 1. The summed E-state index contributed by atoms with van der Waals surface area (Å²) in [6.07, 6.45) is 0.481. The summed E-state index contributed by atoms with van der Waals surface area (Å²) in [7, 11) is 1.74. The first kappa shape index (κ1) is 11.6. The Morgan fingerprint density at radius 2 is 2.12 bits per heavy atom. The zero-order chi connectivity index (χ0) is 11.7. The Morgan fingerprint density at radius 3 is 2.81 bits per heavy atom. The number of aliphatic hydroxyl groups is 1. The molecule has 16 heavy (non-hydrogen) atoms. The lowest BCUT2D eigenvalue weighted by Gasteiger charge is -2.37. The van der Waals surface area contributed by atoms with Crippen LogP contribution in [-0.2, 0) is 4.79 Å². The second-order valence-electron chi connectivity index (χ2n) is 4.08. The van der Waals surface area contributed by atoms with Gasteiger partial charge in [0.15, 0.2) is 0 Å². The summed E-state index contributed by atoms with van der Waals surface area (Å²) in [6.45, 7) is 0. The minimum absolute atomic E-state index is 0.0889. The van der Waals surface area contributed by atoms with Crippen LogP contribution >= 0.6 is 15.9 Å². The number of hydrogen-bond acceptors (Lipinski definition) is 2. The van der Waals surface area contributed by atoms with Gasteiger partial charge in [0.05, 0.1) is 12.1 Å². The van der Waals surface area contributed by atoms with Crippen LogP contribution in [0.25, 0.3) is 0 Å². The van der Waals surface area contributed by atoms with Crippen LogP contribution in [0.4, 0.5) is 0 Å². The molecule has 1 N–H and O–H groups in total. The van der Waals surface area contributed by atoms with E-state index in [4.69, 9.17) is 0 Å². The SMILES string of the molecule is CN1C(=O)CCC(O)C1c1ccccc1Br. The Balaban J connectivity index is 2.37. The van der Waals surface area contributed by atoms with Crippen LogP contribution in [-0.4, -0.2) is 29.1 Å².